The normalized spacial score (nSPS) is 26.6. The minimum absolute atomic E-state index is 0.800. The molecule has 1 saturated heterocycles. The number of hydrogen-bond acceptors (Lipinski definition) is 3. The second-order valence-electron chi connectivity index (χ2n) is 5.21. The first-order valence-corrected chi connectivity index (χ1v) is 7.45. The molecule has 16 heavy (non-hydrogen) atoms. The van der Waals surface area contributed by atoms with E-state index < -0.39 is 0 Å². The highest BCUT2D eigenvalue weighted by Gasteiger charge is 2.22. The summed E-state index contributed by atoms with van der Waals surface area (Å²) in [6, 6.07) is 0. The van der Waals surface area contributed by atoms with Crippen molar-refractivity contribution in [3.8, 4) is 0 Å². The van der Waals surface area contributed by atoms with Crippen LogP contribution in [0, 0.1) is 5.92 Å². The van der Waals surface area contributed by atoms with Crippen LogP contribution in [-0.2, 0) is 6.42 Å². The van der Waals surface area contributed by atoms with Crippen molar-refractivity contribution >= 4 is 11.3 Å². The Morgan fingerprint density at radius 2 is 2.25 bits per heavy atom. The average molecular weight is 236 g/mol. The Bertz CT molecular complexity index is 337. The minimum Gasteiger partial charge on any atom is -0.316 e. The number of thiazole rings is 1. The zero-order chi connectivity index (χ0) is 10.8. The maximum Gasteiger partial charge on any atom is 0.0931 e. The molecule has 2 heterocycles. The third-order valence-corrected chi connectivity index (χ3v) is 4.84. The summed E-state index contributed by atoms with van der Waals surface area (Å²) in [5, 5.41) is 7.16. The number of aromatic nitrogens is 1. The van der Waals surface area contributed by atoms with Crippen LogP contribution in [0.1, 0.15) is 48.7 Å². The van der Waals surface area contributed by atoms with Gasteiger partial charge in [0.2, 0.25) is 0 Å². The maximum absolute atomic E-state index is 4.82. The molecule has 0 amide bonds. The van der Waals surface area contributed by atoms with Gasteiger partial charge in [0.15, 0.2) is 0 Å². The van der Waals surface area contributed by atoms with Crippen LogP contribution in [0.2, 0.25) is 0 Å². The predicted molar refractivity (Wildman–Crippen MR) is 68.0 cm³/mol. The molecule has 1 saturated carbocycles. The Hall–Kier alpha value is -0.410. The fourth-order valence-electron chi connectivity index (χ4n) is 2.66. The number of nitrogens with zero attached hydrogens (tertiary/aromatic N) is 1. The van der Waals surface area contributed by atoms with Crippen molar-refractivity contribution in [1.29, 1.82) is 0 Å². The second kappa shape index (κ2) is 4.84. The molecule has 0 radical (unpaired) electrons. The van der Waals surface area contributed by atoms with Crippen LogP contribution >= 0.6 is 11.3 Å². The molecule has 1 aromatic rings. The topological polar surface area (TPSA) is 24.9 Å². The van der Waals surface area contributed by atoms with E-state index in [2.05, 4.69) is 10.7 Å². The number of rotatable bonds is 3. The Labute approximate surface area is 101 Å². The van der Waals surface area contributed by atoms with E-state index in [0.717, 1.165) is 11.8 Å². The van der Waals surface area contributed by atoms with E-state index >= 15 is 0 Å². The molecule has 0 bridgehead atoms. The van der Waals surface area contributed by atoms with Crippen LogP contribution in [0.4, 0.5) is 0 Å². The van der Waals surface area contributed by atoms with Crippen molar-refractivity contribution in [3.05, 3.63) is 16.1 Å². The Kier molecular flexibility index (Phi) is 3.25. The van der Waals surface area contributed by atoms with E-state index in [-0.39, 0.29) is 0 Å². The second-order valence-corrected chi connectivity index (χ2v) is 6.15. The van der Waals surface area contributed by atoms with Crippen molar-refractivity contribution in [3.63, 3.8) is 0 Å². The highest BCUT2D eigenvalue weighted by Crippen LogP contribution is 2.36. The van der Waals surface area contributed by atoms with Crippen LogP contribution < -0.4 is 5.32 Å². The molecule has 2 fully saturated rings. The van der Waals surface area contributed by atoms with Crippen LogP contribution in [0.5, 0.6) is 0 Å². The summed E-state index contributed by atoms with van der Waals surface area (Å²) < 4.78 is 0. The molecular weight excluding hydrogens is 216 g/mol. The molecule has 1 aliphatic carbocycles. The van der Waals surface area contributed by atoms with Gasteiger partial charge in [0.25, 0.3) is 0 Å². The summed E-state index contributed by atoms with van der Waals surface area (Å²) in [5.41, 5.74) is 1.38. The molecule has 1 aliphatic heterocycles. The van der Waals surface area contributed by atoms with Crippen molar-refractivity contribution in [1.82, 2.24) is 10.3 Å². The van der Waals surface area contributed by atoms with Crippen LogP contribution in [0.3, 0.4) is 0 Å². The van der Waals surface area contributed by atoms with Gasteiger partial charge in [-0.2, -0.15) is 0 Å². The molecule has 0 spiro atoms. The molecular formula is C13H20N2S. The van der Waals surface area contributed by atoms with Crippen LogP contribution in [-0.4, -0.2) is 18.1 Å². The van der Waals surface area contributed by atoms with Gasteiger partial charge in [0.1, 0.15) is 0 Å². The zero-order valence-corrected chi connectivity index (χ0v) is 10.6. The van der Waals surface area contributed by atoms with Gasteiger partial charge in [0.05, 0.1) is 10.7 Å². The first-order valence-electron chi connectivity index (χ1n) is 6.57. The minimum atomic E-state index is 0.800. The quantitative estimate of drug-likeness (QED) is 0.873. The molecule has 1 N–H and O–H groups in total. The van der Waals surface area contributed by atoms with Gasteiger partial charge in [-0.3, -0.25) is 0 Å². The van der Waals surface area contributed by atoms with Gasteiger partial charge in [-0.25, -0.2) is 4.98 Å². The third-order valence-electron chi connectivity index (χ3n) is 3.96. The van der Waals surface area contributed by atoms with Gasteiger partial charge >= 0.3 is 0 Å². The molecule has 1 aromatic heterocycles. The van der Waals surface area contributed by atoms with E-state index in [1.54, 1.807) is 0 Å². The lowest BCUT2D eigenvalue weighted by atomic mass is 9.83. The number of piperidine rings is 1. The molecule has 3 rings (SSSR count). The lowest BCUT2D eigenvalue weighted by Crippen LogP contribution is -2.30. The SMILES string of the molecule is c1sc(CC2CCCNC2)nc1C1CCC1. The van der Waals surface area contributed by atoms with E-state index in [0.29, 0.717) is 0 Å². The lowest BCUT2D eigenvalue weighted by molar-refractivity contribution is 0.374. The van der Waals surface area contributed by atoms with Crippen molar-refractivity contribution in [2.24, 2.45) is 5.92 Å². The summed E-state index contributed by atoms with van der Waals surface area (Å²) >= 11 is 1.88. The van der Waals surface area contributed by atoms with Crippen molar-refractivity contribution in [2.75, 3.05) is 13.1 Å². The van der Waals surface area contributed by atoms with E-state index in [4.69, 9.17) is 4.98 Å². The van der Waals surface area contributed by atoms with Crippen molar-refractivity contribution < 1.29 is 0 Å². The van der Waals surface area contributed by atoms with Gasteiger partial charge in [0, 0.05) is 17.7 Å². The predicted octanol–water partition coefficient (Wildman–Crippen LogP) is 2.95. The zero-order valence-electron chi connectivity index (χ0n) is 9.74. The summed E-state index contributed by atoms with van der Waals surface area (Å²) in [7, 11) is 0. The van der Waals surface area contributed by atoms with Gasteiger partial charge in [-0.1, -0.05) is 6.42 Å². The Morgan fingerprint density at radius 1 is 1.31 bits per heavy atom. The standard InChI is InChI=1S/C13H20N2S/c1-4-11(5-1)12-9-16-13(15-12)7-10-3-2-6-14-8-10/h9-11,14H,1-8H2. The smallest absolute Gasteiger partial charge is 0.0931 e. The Morgan fingerprint density at radius 3 is 2.94 bits per heavy atom. The fraction of sp³-hybridized carbons (Fsp3) is 0.769. The average Bonchev–Trinajstić information content (AvgIpc) is 2.65. The van der Waals surface area contributed by atoms with E-state index in [9.17, 15) is 0 Å². The van der Waals surface area contributed by atoms with Gasteiger partial charge in [-0.05, 0) is 44.7 Å². The Balaban J connectivity index is 1.58. The van der Waals surface area contributed by atoms with Crippen LogP contribution in [0.25, 0.3) is 0 Å². The molecule has 88 valence electrons. The highest BCUT2D eigenvalue weighted by atomic mass is 32.1. The summed E-state index contributed by atoms with van der Waals surface area (Å²) in [6.45, 7) is 2.40. The number of hydrogen-bond donors (Lipinski definition) is 1. The fourth-order valence-corrected chi connectivity index (χ4v) is 3.65. The molecule has 2 aliphatic rings. The summed E-state index contributed by atoms with van der Waals surface area (Å²) in [4.78, 5) is 4.82. The monoisotopic (exact) mass is 236 g/mol. The van der Waals surface area contributed by atoms with Crippen molar-refractivity contribution in [2.45, 2.75) is 44.4 Å². The summed E-state index contributed by atoms with van der Waals surface area (Å²) in [6.07, 6.45) is 8.06. The largest absolute Gasteiger partial charge is 0.316 e. The number of nitrogens with one attached hydrogen (secondary N) is 1. The first-order chi connectivity index (χ1) is 7.92. The van der Waals surface area contributed by atoms with E-state index in [1.165, 1.54) is 62.3 Å². The first kappa shape index (κ1) is 10.7. The van der Waals surface area contributed by atoms with E-state index in [1.807, 2.05) is 11.3 Å². The molecule has 0 aromatic carbocycles. The van der Waals surface area contributed by atoms with Crippen LogP contribution in [0.15, 0.2) is 5.38 Å². The van der Waals surface area contributed by atoms with Gasteiger partial charge < -0.3 is 5.32 Å². The molecule has 3 heteroatoms. The summed E-state index contributed by atoms with van der Waals surface area (Å²) in [5.74, 6) is 1.63. The third kappa shape index (κ3) is 2.30. The molecule has 2 nitrogen and oxygen atoms in total. The lowest BCUT2D eigenvalue weighted by Gasteiger charge is -2.23. The molecule has 1 unspecified atom stereocenters. The van der Waals surface area contributed by atoms with Gasteiger partial charge in [-0.15, -0.1) is 11.3 Å². The maximum atomic E-state index is 4.82. The highest BCUT2D eigenvalue weighted by molar-refractivity contribution is 7.09. The molecule has 1 atom stereocenters.